The Morgan fingerprint density at radius 2 is 1.92 bits per heavy atom. The Morgan fingerprint density at radius 1 is 1.19 bits per heavy atom. The molecule has 1 aromatic rings. The molecule has 26 heavy (non-hydrogen) atoms. The number of hydrogen-bond acceptors (Lipinski definition) is 4. The van der Waals surface area contributed by atoms with Gasteiger partial charge in [-0.05, 0) is 19.1 Å². The molecule has 2 bridgehead atoms. The minimum absolute atomic E-state index is 0. The quantitative estimate of drug-likeness (QED) is 0.267. The maximum absolute atomic E-state index is 4.80. The van der Waals surface area contributed by atoms with E-state index in [0.717, 1.165) is 25.6 Å². The van der Waals surface area contributed by atoms with Gasteiger partial charge in [0.1, 0.15) is 0 Å². The van der Waals surface area contributed by atoms with Crippen LogP contribution in [-0.4, -0.2) is 79.4 Å². The van der Waals surface area contributed by atoms with Gasteiger partial charge in [0.25, 0.3) is 0 Å². The number of nitrogens with zero attached hydrogens (tertiary/aromatic N) is 3. The third-order valence-corrected chi connectivity index (χ3v) is 5.92. The van der Waals surface area contributed by atoms with E-state index in [4.69, 9.17) is 4.99 Å². The van der Waals surface area contributed by atoms with Crippen LogP contribution in [0.2, 0.25) is 0 Å². The summed E-state index contributed by atoms with van der Waals surface area (Å²) in [7, 11) is 0. The van der Waals surface area contributed by atoms with Crippen molar-refractivity contribution in [1.29, 1.82) is 0 Å². The lowest BCUT2D eigenvalue weighted by Crippen LogP contribution is -2.63. The molecule has 3 aliphatic heterocycles. The third-order valence-electron chi connectivity index (χ3n) is 4.83. The van der Waals surface area contributed by atoms with Gasteiger partial charge in [-0.2, -0.15) is 0 Å². The largest absolute Gasteiger partial charge is 0.357 e. The summed E-state index contributed by atoms with van der Waals surface area (Å²) in [6.45, 7) is 13.1. The van der Waals surface area contributed by atoms with Gasteiger partial charge >= 0.3 is 0 Å². The summed E-state index contributed by atoms with van der Waals surface area (Å²) < 4.78 is 0. The van der Waals surface area contributed by atoms with Gasteiger partial charge in [0.2, 0.25) is 0 Å². The summed E-state index contributed by atoms with van der Waals surface area (Å²) in [4.78, 5) is 11.3. The molecule has 3 heterocycles. The first kappa shape index (κ1) is 21.8. The monoisotopic (exact) mass is 489 g/mol. The van der Waals surface area contributed by atoms with Crippen molar-refractivity contribution in [3.8, 4) is 0 Å². The molecular formula is C19H32IN5S. The zero-order chi connectivity index (χ0) is 17.5. The molecule has 0 aliphatic carbocycles. The van der Waals surface area contributed by atoms with Crippen molar-refractivity contribution in [2.24, 2.45) is 4.99 Å². The number of aliphatic imine (C=N–C) groups is 1. The fourth-order valence-electron chi connectivity index (χ4n) is 3.46. The van der Waals surface area contributed by atoms with Gasteiger partial charge in [-0.3, -0.25) is 14.8 Å². The molecule has 146 valence electrons. The van der Waals surface area contributed by atoms with E-state index in [1.54, 1.807) is 0 Å². The Balaban J connectivity index is 0.00000243. The first-order valence-electron chi connectivity index (χ1n) is 9.45. The van der Waals surface area contributed by atoms with Crippen LogP contribution in [0.1, 0.15) is 13.8 Å². The standard InChI is InChI=1S/C19H31N5S.HI/c1-3-20-19(21-13-16(2)25-18-7-5-4-6-8-18)22-14-17-15-23-9-11-24(17)12-10-23;/h4-8,16-17H,3,9-15H2,1-2H3,(H2,20,21,22);1H. The number of guanidine groups is 1. The van der Waals surface area contributed by atoms with Crippen LogP contribution in [0, 0.1) is 0 Å². The minimum Gasteiger partial charge on any atom is -0.357 e. The van der Waals surface area contributed by atoms with Crippen molar-refractivity contribution in [2.75, 3.05) is 52.4 Å². The van der Waals surface area contributed by atoms with Gasteiger partial charge < -0.3 is 10.6 Å². The van der Waals surface area contributed by atoms with Crippen molar-refractivity contribution >= 4 is 41.7 Å². The number of benzene rings is 1. The number of hydrogen-bond donors (Lipinski definition) is 2. The topological polar surface area (TPSA) is 42.9 Å². The van der Waals surface area contributed by atoms with E-state index in [1.165, 1.54) is 37.6 Å². The summed E-state index contributed by atoms with van der Waals surface area (Å²) in [6.07, 6.45) is 0. The Hall–Kier alpha value is -0.510. The Kier molecular flexibility index (Phi) is 9.52. The van der Waals surface area contributed by atoms with Gasteiger partial charge in [0, 0.05) is 62.0 Å². The van der Waals surface area contributed by atoms with Gasteiger partial charge in [-0.1, -0.05) is 25.1 Å². The van der Waals surface area contributed by atoms with E-state index in [1.807, 2.05) is 11.8 Å². The molecule has 2 atom stereocenters. The van der Waals surface area contributed by atoms with Gasteiger partial charge in [-0.25, -0.2) is 0 Å². The van der Waals surface area contributed by atoms with E-state index < -0.39 is 0 Å². The number of halogens is 1. The summed E-state index contributed by atoms with van der Waals surface area (Å²) in [5, 5.41) is 7.40. The number of thioether (sulfide) groups is 1. The number of piperazine rings is 3. The summed E-state index contributed by atoms with van der Waals surface area (Å²) in [6, 6.07) is 11.2. The second kappa shape index (κ2) is 11.4. The molecule has 4 rings (SSSR count). The highest BCUT2D eigenvalue weighted by Crippen LogP contribution is 2.22. The molecule has 7 heteroatoms. The number of fused-ring (bicyclic) bond motifs is 3. The van der Waals surface area contributed by atoms with E-state index in [-0.39, 0.29) is 24.0 Å². The van der Waals surface area contributed by atoms with Crippen molar-refractivity contribution < 1.29 is 0 Å². The second-order valence-electron chi connectivity index (χ2n) is 6.83. The maximum atomic E-state index is 4.80. The SMILES string of the molecule is CCNC(=NCC(C)Sc1ccccc1)NCC1CN2CCN1CC2.I. The summed E-state index contributed by atoms with van der Waals surface area (Å²) in [5.74, 6) is 0.945. The van der Waals surface area contributed by atoms with Crippen LogP contribution in [0.25, 0.3) is 0 Å². The van der Waals surface area contributed by atoms with Crippen molar-refractivity contribution in [3.63, 3.8) is 0 Å². The van der Waals surface area contributed by atoms with Crippen LogP contribution in [-0.2, 0) is 0 Å². The zero-order valence-corrected chi connectivity index (χ0v) is 19.0. The first-order chi connectivity index (χ1) is 12.2. The molecule has 0 amide bonds. The number of rotatable bonds is 7. The molecule has 0 saturated carbocycles. The molecule has 1 aromatic carbocycles. The van der Waals surface area contributed by atoms with Gasteiger partial charge in [-0.15, -0.1) is 35.7 Å². The Morgan fingerprint density at radius 3 is 2.54 bits per heavy atom. The molecule has 5 nitrogen and oxygen atoms in total. The minimum atomic E-state index is 0. The lowest BCUT2D eigenvalue weighted by Gasteiger charge is -2.47. The first-order valence-corrected chi connectivity index (χ1v) is 10.3. The van der Waals surface area contributed by atoms with E-state index >= 15 is 0 Å². The summed E-state index contributed by atoms with van der Waals surface area (Å²) in [5.41, 5.74) is 0. The smallest absolute Gasteiger partial charge is 0.191 e. The van der Waals surface area contributed by atoms with Crippen LogP contribution in [0.5, 0.6) is 0 Å². The molecule has 3 fully saturated rings. The zero-order valence-electron chi connectivity index (χ0n) is 15.9. The van der Waals surface area contributed by atoms with Gasteiger partial charge in [0.15, 0.2) is 5.96 Å². The lowest BCUT2D eigenvalue weighted by atomic mass is 10.1. The van der Waals surface area contributed by atoms with Crippen molar-refractivity contribution in [2.45, 2.75) is 30.0 Å². The van der Waals surface area contributed by atoms with E-state index in [9.17, 15) is 0 Å². The fraction of sp³-hybridized carbons (Fsp3) is 0.632. The van der Waals surface area contributed by atoms with Crippen LogP contribution >= 0.6 is 35.7 Å². The summed E-state index contributed by atoms with van der Waals surface area (Å²) >= 11 is 1.88. The average molecular weight is 489 g/mol. The highest BCUT2D eigenvalue weighted by Gasteiger charge is 2.31. The highest BCUT2D eigenvalue weighted by atomic mass is 127. The van der Waals surface area contributed by atoms with Crippen molar-refractivity contribution in [3.05, 3.63) is 30.3 Å². The predicted octanol–water partition coefficient (Wildman–Crippen LogP) is 2.34. The lowest BCUT2D eigenvalue weighted by molar-refractivity contribution is 0.0154. The van der Waals surface area contributed by atoms with Crippen molar-refractivity contribution in [1.82, 2.24) is 20.4 Å². The second-order valence-corrected chi connectivity index (χ2v) is 8.34. The van der Waals surface area contributed by atoms with E-state index in [0.29, 0.717) is 11.3 Å². The third kappa shape index (κ3) is 6.58. The molecule has 0 aromatic heterocycles. The Bertz CT molecular complexity index is 548. The average Bonchev–Trinajstić information content (AvgIpc) is 2.66. The van der Waals surface area contributed by atoms with E-state index in [2.05, 4.69) is 64.6 Å². The number of nitrogens with one attached hydrogen (secondary N) is 2. The molecule has 2 N–H and O–H groups in total. The van der Waals surface area contributed by atoms with Crippen LogP contribution in [0.4, 0.5) is 0 Å². The van der Waals surface area contributed by atoms with Gasteiger partial charge in [0.05, 0.1) is 6.54 Å². The molecule has 0 radical (unpaired) electrons. The van der Waals surface area contributed by atoms with Crippen LogP contribution in [0.15, 0.2) is 40.2 Å². The molecular weight excluding hydrogens is 457 g/mol. The molecule has 3 saturated heterocycles. The molecule has 3 aliphatic rings. The highest BCUT2D eigenvalue weighted by molar-refractivity contribution is 14.0. The molecule has 0 spiro atoms. The fourth-order valence-corrected chi connectivity index (χ4v) is 4.39. The van der Waals surface area contributed by atoms with Crippen LogP contribution < -0.4 is 10.6 Å². The predicted molar refractivity (Wildman–Crippen MR) is 123 cm³/mol. The maximum Gasteiger partial charge on any atom is 0.191 e. The molecule has 2 unspecified atom stereocenters. The Labute approximate surface area is 179 Å². The van der Waals surface area contributed by atoms with Crippen LogP contribution in [0.3, 0.4) is 0 Å². The normalized spacial score (nSPS) is 26.1.